The first-order chi connectivity index (χ1) is 7.33. The molecule has 3 N–H and O–H groups in total. The van der Waals surface area contributed by atoms with Crippen LogP contribution in [0.2, 0.25) is 0 Å². The Bertz CT molecular complexity index is 554. The summed E-state index contributed by atoms with van der Waals surface area (Å²) in [7, 11) is 0. The number of anilines is 1. The van der Waals surface area contributed by atoms with Crippen molar-refractivity contribution in [2.45, 2.75) is 0 Å². The van der Waals surface area contributed by atoms with Crippen molar-refractivity contribution in [3.8, 4) is 11.8 Å². The second-order valence-corrected chi connectivity index (χ2v) is 2.91. The van der Waals surface area contributed by atoms with Gasteiger partial charge in [0.15, 0.2) is 0 Å². The average molecular weight is 199 g/mol. The lowest BCUT2D eigenvalue weighted by Gasteiger charge is -2.01. The third kappa shape index (κ3) is 1.73. The van der Waals surface area contributed by atoms with Crippen LogP contribution in [0.1, 0.15) is 5.56 Å². The van der Waals surface area contributed by atoms with E-state index in [-0.39, 0.29) is 6.61 Å². The number of rotatable bonds is 0. The molecule has 0 aliphatic rings. The summed E-state index contributed by atoms with van der Waals surface area (Å²) in [5.41, 5.74) is 8.35. The van der Waals surface area contributed by atoms with Gasteiger partial charge in [0.2, 0.25) is 0 Å². The van der Waals surface area contributed by atoms with Gasteiger partial charge in [-0.25, -0.2) is 0 Å². The molecular formula is C11H9N3O. The minimum Gasteiger partial charge on any atom is -0.398 e. The van der Waals surface area contributed by atoms with Crippen molar-refractivity contribution in [2.24, 2.45) is 0 Å². The molecular weight excluding hydrogens is 190 g/mol. The van der Waals surface area contributed by atoms with E-state index in [1.807, 2.05) is 0 Å². The van der Waals surface area contributed by atoms with E-state index in [0.717, 1.165) is 5.52 Å². The summed E-state index contributed by atoms with van der Waals surface area (Å²) in [6.07, 6.45) is 3.20. The lowest BCUT2D eigenvalue weighted by molar-refractivity contribution is 0.350. The summed E-state index contributed by atoms with van der Waals surface area (Å²) < 4.78 is 0. The largest absolute Gasteiger partial charge is 0.398 e. The van der Waals surface area contributed by atoms with Gasteiger partial charge in [-0.3, -0.25) is 9.97 Å². The number of nitrogens with two attached hydrogens (primary N) is 1. The SMILES string of the molecule is Nc1ccc2nccnc2c1C#CCO. The minimum atomic E-state index is -0.198. The number of aromatic nitrogens is 2. The molecule has 0 atom stereocenters. The molecule has 1 aromatic heterocycles. The highest BCUT2D eigenvalue weighted by Crippen LogP contribution is 2.19. The molecule has 4 heteroatoms. The fourth-order valence-corrected chi connectivity index (χ4v) is 1.31. The summed E-state index contributed by atoms with van der Waals surface area (Å²) >= 11 is 0. The minimum absolute atomic E-state index is 0.198. The Kier molecular flexibility index (Phi) is 2.48. The lowest BCUT2D eigenvalue weighted by atomic mass is 10.1. The van der Waals surface area contributed by atoms with E-state index in [4.69, 9.17) is 10.8 Å². The fourth-order valence-electron chi connectivity index (χ4n) is 1.31. The first kappa shape index (κ1) is 9.44. The number of hydrogen-bond acceptors (Lipinski definition) is 4. The van der Waals surface area contributed by atoms with Crippen molar-refractivity contribution in [1.29, 1.82) is 0 Å². The third-order valence-electron chi connectivity index (χ3n) is 1.97. The number of fused-ring (bicyclic) bond motifs is 1. The van der Waals surface area contributed by atoms with Crippen LogP contribution < -0.4 is 5.73 Å². The Labute approximate surface area is 86.8 Å². The van der Waals surface area contributed by atoms with E-state index in [9.17, 15) is 0 Å². The van der Waals surface area contributed by atoms with Crippen LogP contribution in [0.4, 0.5) is 5.69 Å². The van der Waals surface area contributed by atoms with Crippen molar-refractivity contribution in [2.75, 3.05) is 12.3 Å². The van der Waals surface area contributed by atoms with E-state index in [1.165, 1.54) is 0 Å². The maximum atomic E-state index is 8.64. The summed E-state index contributed by atoms with van der Waals surface area (Å²) in [6, 6.07) is 3.53. The standard InChI is InChI=1S/C11H9N3O/c12-9-3-4-10-11(14-6-5-13-10)8(9)2-1-7-15/h3-6,15H,7,12H2. The second kappa shape index (κ2) is 3.95. The smallest absolute Gasteiger partial charge is 0.106 e. The number of nitrogen functional groups attached to an aromatic ring is 1. The van der Waals surface area contributed by atoms with E-state index in [0.29, 0.717) is 16.8 Å². The number of benzene rings is 1. The molecule has 0 aliphatic heterocycles. The van der Waals surface area contributed by atoms with Crippen LogP contribution >= 0.6 is 0 Å². The van der Waals surface area contributed by atoms with Gasteiger partial charge in [-0.1, -0.05) is 11.8 Å². The third-order valence-corrected chi connectivity index (χ3v) is 1.97. The van der Waals surface area contributed by atoms with Crippen molar-refractivity contribution >= 4 is 16.7 Å². The molecule has 0 unspecified atom stereocenters. The lowest BCUT2D eigenvalue weighted by Crippen LogP contribution is -1.94. The van der Waals surface area contributed by atoms with Gasteiger partial charge in [0.05, 0.1) is 11.1 Å². The van der Waals surface area contributed by atoms with Gasteiger partial charge in [-0.2, -0.15) is 0 Å². The number of hydrogen-bond donors (Lipinski definition) is 2. The Hall–Kier alpha value is -2.12. The molecule has 1 aromatic carbocycles. The maximum Gasteiger partial charge on any atom is 0.106 e. The Morgan fingerprint density at radius 1 is 1.27 bits per heavy atom. The molecule has 0 radical (unpaired) electrons. The zero-order chi connectivity index (χ0) is 10.7. The first-order valence-corrected chi connectivity index (χ1v) is 4.42. The topological polar surface area (TPSA) is 72.0 Å². The average Bonchev–Trinajstić information content (AvgIpc) is 2.28. The van der Waals surface area contributed by atoms with Gasteiger partial charge in [-0.15, -0.1) is 0 Å². The molecule has 15 heavy (non-hydrogen) atoms. The Balaban J connectivity index is 2.74. The molecule has 0 saturated carbocycles. The van der Waals surface area contributed by atoms with Gasteiger partial charge in [-0.05, 0) is 12.1 Å². The first-order valence-electron chi connectivity index (χ1n) is 4.42. The van der Waals surface area contributed by atoms with Crippen LogP contribution in [-0.2, 0) is 0 Å². The predicted octanol–water partition coefficient (Wildman–Crippen LogP) is 0.556. The molecule has 0 spiro atoms. The van der Waals surface area contributed by atoms with Gasteiger partial charge in [0.1, 0.15) is 12.1 Å². The number of nitrogens with zero attached hydrogens (tertiary/aromatic N) is 2. The predicted molar refractivity (Wildman–Crippen MR) is 57.9 cm³/mol. The summed E-state index contributed by atoms with van der Waals surface area (Å²) in [4.78, 5) is 8.31. The molecule has 4 nitrogen and oxygen atoms in total. The van der Waals surface area contributed by atoms with Crippen molar-refractivity contribution < 1.29 is 5.11 Å². The van der Waals surface area contributed by atoms with Crippen LogP contribution in [0.25, 0.3) is 11.0 Å². The van der Waals surface area contributed by atoms with Crippen LogP contribution in [0, 0.1) is 11.8 Å². The second-order valence-electron chi connectivity index (χ2n) is 2.91. The molecule has 0 bridgehead atoms. The summed E-state index contributed by atoms with van der Waals surface area (Å²) in [5.74, 6) is 5.33. The monoisotopic (exact) mass is 199 g/mol. The summed E-state index contributed by atoms with van der Waals surface area (Å²) in [6.45, 7) is -0.198. The quantitative estimate of drug-likeness (QED) is 0.480. The Morgan fingerprint density at radius 3 is 2.87 bits per heavy atom. The van der Waals surface area contributed by atoms with Gasteiger partial charge in [0.25, 0.3) is 0 Å². The van der Waals surface area contributed by atoms with E-state index in [1.54, 1.807) is 24.5 Å². The van der Waals surface area contributed by atoms with Crippen molar-refractivity contribution in [1.82, 2.24) is 9.97 Å². The molecule has 2 rings (SSSR count). The molecule has 74 valence electrons. The van der Waals surface area contributed by atoms with Gasteiger partial charge < -0.3 is 10.8 Å². The molecule has 0 fully saturated rings. The van der Waals surface area contributed by atoms with Crippen LogP contribution in [-0.4, -0.2) is 21.7 Å². The highest BCUT2D eigenvalue weighted by molar-refractivity contribution is 5.86. The van der Waals surface area contributed by atoms with E-state index >= 15 is 0 Å². The van der Waals surface area contributed by atoms with Gasteiger partial charge in [0, 0.05) is 18.1 Å². The molecule has 0 aliphatic carbocycles. The van der Waals surface area contributed by atoms with Crippen molar-refractivity contribution in [3.05, 3.63) is 30.1 Å². The van der Waals surface area contributed by atoms with Crippen LogP contribution in [0.5, 0.6) is 0 Å². The van der Waals surface area contributed by atoms with E-state index in [2.05, 4.69) is 21.8 Å². The number of aliphatic hydroxyl groups excluding tert-OH is 1. The molecule has 2 aromatic rings. The zero-order valence-corrected chi connectivity index (χ0v) is 7.94. The molecule has 1 heterocycles. The normalized spacial score (nSPS) is 9.67. The van der Waals surface area contributed by atoms with Gasteiger partial charge >= 0.3 is 0 Å². The van der Waals surface area contributed by atoms with Crippen LogP contribution in [0.3, 0.4) is 0 Å². The Morgan fingerprint density at radius 2 is 2.07 bits per heavy atom. The highest BCUT2D eigenvalue weighted by atomic mass is 16.2. The summed E-state index contributed by atoms with van der Waals surface area (Å²) in [5, 5.41) is 8.64. The highest BCUT2D eigenvalue weighted by Gasteiger charge is 2.04. The van der Waals surface area contributed by atoms with Crippen LogP contribution in [0.15, 0.2) is 24.5 Å². The fraction of sp³-hybridized carbons (Fsp3) is 0.0909. The molecule has 0 amide bonds. The van der Waals surface area contributed by atoms with E-state index < -0.39 is 0 Å². The zero-order valence-electron chi connectivity index (χ0n) is 7.94. The number of aliphatic hydroxyl groups is 1. The molecule has 0 saturated heterocycles. The van der Waals surface area contributed by atoms with Crippen molar-refractivity contribution in [3.63, 3.8) is 0 Å². The maximum absolute atomic E-state index is 8.64.